The maximum atomic E-state index is 5.89. The molecule has 1 aliphatic rings. The third kappa shape index (κ3) is 2.88. The summed E-state index contributed by atoms with van der Waals surface area (Å²) in [6.07, 6.45) is 2.14. The fourth-order valence-corrected chi connectivity index (χ4v) is 3.24. The summed E-state index contributed by atoms with van der Waals surface area (Å²) in [6.45, 7) is 5.72. The van der Waals surface area contributed by atoms with E-state index in [0.29, 0.717) is 0 Å². The molecule has 1 atom stereocenters. The summed E-state index contributed by atoms with van der Waals surface area (Å²) in [4.78, 5) is 7.02. The third-order valence-corrected chi connectivity index (χ3v) is 4.19. The highest BCUT2D eigenvalue weighted by Crippen LogP contribution is 2.22. The molecule has 0 aliphatic carbocycles. The molecule has 1 fully saturated rings. The quantitative estimate of drug-likeness (QED) is 0.863. The van der Waals surface area contributed by atoms with E-state index in [0.717, 1.165) is 37.8 Å². The van der Waals surface area contributed by atoms with Crippen LogP contribution in [-0.2, 0) is 18.3 Å². The average Bonchev–Trinajstić information content (AvgIpc) is 2.99. The van der Waals surface area contributed by atoms with Crippen LogP contribution in [-0.4, -0.2) is 34.1 Å². The topological polar surface area (TPSA) is 30.3 Å². The van der Waals surface area contributed by atoms with Crippen LogP contribution in [0.3, 0.4) is 0 Å². The summed E-state index contributed by atoms with van der Waals surface area (Å²) >= 11 is 1.76. The zero-order valence-electron chi connectivity index (χ0n) is 11.4. The number of thiophene rings is 1. The number of aromatic nitrogens is 2. The van der Waals surface area contributed by atoms with Gasteiger partial charge in [0, 0.05) is 32.9 Å². The lowest BCUT2D eigenvalue weighted by Crippen LogP contribution is -2.38. The smallest absolute Gasteiger partial charge is 0.139 e. The number of morpholine rings is 1. The normalized spacial score (nSPS) is 20.8. The van der Waals surface area contributed by atoms with E-state index in [-0.39, 0.29) is 6.10 Å². The van der Waals surface area contributed by atoms with Crippen molar-refractivity contribution in [1.29, 1.82) is 0 Å². The Morgan fingerprint density at radius 3 is 3.11 bits per heavy atom. The Morgan fingerprint density at radius 2 is 2.42 bits per heavy atom. The molecule has 3 rings (SSSR count). The number of rotatable bonds is 3. The van der Waals surface area contributed by atoms with E-state index >= 15 is 0 Å². The van der Waals surface area contributed by atoms with Gasteiger partial charge in [0.15, 0.2) is 0 Å². The van der Waals surface area contributed by atoms with Crippen molar-refractivity contribution in [3.63, 3.8) is 0 Å². The summed E-state index contributed by atoms with van der Waals surface area (Å²) in [5, 5.41) is 4.35. The van der Waals surface area contributed by atoms with Crippen molar-refractivity contribution in [2.75, 3.05) is 19.7 Å². The van der Waals surface area contributed by atoms with Gasteiger partial charge in [-0.3, -0.25) is 4.90 Å². The van der Waals surface area contributed by atoms with Gasteiger partial charge >= 0.3 is 0 Å². The van der Waals surface area contributed by atoms with Crippen LogP contribution in [0.1, 0.15) is 23.2 Å². The number of hydrogen-bond donors (Lipinski definition) is 0. The van der Waals surface area contributed by atoms with E-state index in [1.807, 2.05) is 14.0 Å². The number of aryl methyl sites for hydroxylation is 2. The van der Waals surface area contributed by atoms with Crippen molar-refractivity contribution >= 4 is 11.3 Å². The second kappa shape index (κ2) is 5.45. The first kappa shape index (κ1) is 12.8. The van der Waals surface area contributed by atoms with Gasteiger partial charge in [-0.05, 0) is 29.3 Å². The molecule has 0 radical (unpaired) electrons. The van der Waals surface area contributed by atoms with Gasteiger partial charge in [-0.1, -0.05) is 0 Å². The Balaban J connectivity index is 1.69. The van der Waals surface area contributed by atoms with Crippen molar-refractivity contribution in [3.8, 4) is 0 Å². The Labute approximate surface area is 117 Å². The molecule has 3 heterocycles. The molecule has 0 saturated carbocycles. The highest BCUT2D eigenvalue weighted by Gasteiger charge is 2.25. The summed E-state index contributed by atoms with van der Waals surface area (Å²) < 4.78 is 7.96. The molecular weight excluding hydrogens is 258 g/mol. The summed E-state index contributed by atoms with van der Waals surface area (Å²) in [5.74, 6) is 1.03. The van der Waals surface area contributed by atoms with E-state index in [4.69, 9.17) is 4.74 Å². The monoisotopic (exact) mass is 277 g/mol. The molecule has 1 unspecified atom stereocenters. The predicted molar refractivity (Wildman–Crippen MR) is 76.2 cm³/mol. The Kier molecular flexibility index (Phi) is 3.68. The molecule has 0 spiro atoms. The molecular formula is C14H19N3OS. The Morgan fingerprint density at radius 1 is 1.53 bits per heavy atom. The zero-order valence-corrected chi connectivity index (χ0v) is 12.2. The van der Waals surface area contributed by atoms with Gasteiger partial charge < -0.3 is 9.30 Å². The van der Waals surface area contributed by atoms with E-state index in [1.165, 1.54) is 5.56 Å². The van der Waals surface area contributed by atoms with E-state index in [9.17, 15) is 0 Å². The molecule has 0 aromatic carbocycles. The molecule has 2 aromatic rings. The first-order valence-electron chi connectivity index (χ1n) is 6.57. The molecule has 5 heteroatoms. The second-order valence-corrected chi connectivity index (χ2v) is 5.86. The Hall–Kier alpha value is -1.17. The first-order valence-corrected chi connectivity index (χ1v) is 7.51. The van der Waals surface area contributed by atoms with Gasteiger partial charge in [0.1, 0.15) is 11.9 Å². The maximum absolute atomic E-state index is 5.89. The summed E-state index contributed by atoms with van der Waals surface area (Å²) in [7, 11) is 2.04. The molecule has 19 heavy (non-hydrogen) atoms. The van der Waals surface area contributed by atoms with Gasteiger partial charge in [-0.15, -0.1) is 0 Å². The van der Waals surface area contributed by atoms with Crippen LogP contribution in [0.25, 0.3) is 0 Å². The third-order valence-electron chi connectivity index (χ3n) is 3.46. The van der Waals surface area contributed by atoms with Crippen molar-refractivity contribution < 1.29 is 4.74 Å². The zero-order chi connectivity index (χ0) is 13.2. The highest BCUT2D eigenvalue weighted by molar-refractivity contribution is 7.07. The standard InChI is InChI=1S/C14H19N3OS/c1-11-7-16(2)14(15-11)13-9-17(4-5-18-13)8-12-3-6-19-10-12/h3,6-7,10,13H,4-5,8-9H2,1-2H3. The van der Waals surface area contributed by atoms with E-state index in [1.54, 1.807) is 11.3 Å². The van der Waals surface area contributed by atoms with Crippen LogP contribution < -0.4 is 0 Å². The second-order valence-electron chi connectivity index (χ2n) is 5.08. The van der Waals surface area contributed by atoms with Crippen LogP contribution in [0.2, 0.25) is 0 Å². The average molecular weight is 277 g/mol. The molecule has 0 amide bonds. The molecule has 1 saturated heterocycles. The fourth-order valence-electron chi connectivity index (χ4n) is 2.58. The molecule has 1 aliphatic heterocycles. The van der Waals surface area contributed by atoms with Gasteiger partial charge in [0.25, 0.3) is 0 Å². The lowest BCUT2D eigenvalue weighted by atomic mass is 10.2. The minimum absolute atomic E-state index is 0.0890. The van der Waals surface area contributed by atoms with Crippen LogP contribution >= 0.6 is 11.3 Å². The lowest BCUT2D eigenvalue weighted by Gasteiger charge is -2.32. The van der Waals surface area contributed by atoms with Crippen molar-refractivity contribution in [3.05, 3.63) is 40.1 Å². The minimum Gasteiger partial charge on any atom is -0.368 e. The van der Waals surface area contributed by atoms with Crippen LogP contribution in [0.4, 0.5) is 0 Å². The Bertz CT molecular complexity index is 535. The molecule has 2 aromatic heterocycles. The summed E-state index contributed by atoms with van der Waals surface area (Å²) in [5.41, 5.74) is 2.44. The largest absolute Gasteiger partial charge is 0.368 e. The number of hydrogen-bond acceptors (Lipinski definition) is 4. The van der Waals surface area contributed by atoms with Gasteiger partial charge in [-0.2, -0.15) is 11.3 Å². The van der Waals surface area contributed by atoms with Crippen molar-refractivity contribution in [2.45, 2.75) is 19.6 Å². The van der Waals surface area contributed by atoms with Crippen LogP contribution in [0.15, 0.2) is 23.0 Å². The maximum Gasteiger partial charge on any atom is 0.139 e. The molecule has 0 bridgehead atoms. The van der Waals surface area contributed by atoms with Crippen LogP contribution in [0, 0.1) is 6.92 Å². The number of ether oxygens (including phenoxy) is 1. The number of imidazole rings is 1. The minimum atomic E-state index is 0.0890. The molecule has 102 valence electrons. The van der Waals surface area contributed by atoms with Crippen LogP contribution in [0.5, 0.6) is 0 Å². The van der Waals surface area contributed by atoms with E-state index in [2.05, 4.69) is 37.5 Å². The highest BCUT2D eigenvalue weighted by atomic mass is 32.1. The van der Waals surface area contributed by atoms with Gasteiger partial charge in [-0.25, -0.2) is 4.98 Å². The van der Waals surface area contributed by atoms with Crippen molar-refractivity contribution in [2.24, 2.45) is 7.05 Å². The molecule has 0 N–H and O–H groups in total. The predicted octanol–water partition coefficient (Wildman–Crippen LogP) is 2.36. The molecule has 4 nitrogen and oxygen atoms in total. The van der Waals surface area contributed by atoms with E-state index < -0.39 is 0 Å². The lowest BCUT2D eigenvalue weighted by molar-refractivity contribution is -0.0383. The summed E-state index contributed by atoms with van der Waals surface area (Å²) in [6, 6.07) is 2.19. The first-order chi connectivity index (χ1) is 9.22. The van der Waals surface area contributed by atoms with Gasteiger partial charge in [0.05, 0.1) is 12.3 Å². The fraction of sp³-hybridized carbons (Fsp3) is 0.500. The van der Waals surface area contributed by atoms with Gasteiger partial charge in [0.2, 0.25) is 0 Å². The number of nitrogens with zero attached hydrogens (tertiary/aromatic N) is 3. The SMILES string of the molecule is Cc1cn(C)c(C2CN(Cc3ccsc3)CCO2)n1. The van der Waals surface area contributed by atoms with Crippen molar-refractivity contribution in [1.82, 2.24) is 14.5 Å².